The number of hydrazine groups is 1. The van der Waals surface area contributed by atoms with Crippen LogP contribution in [0.1, 0.15) is 49.8 Å². The van der Waals surface area contributed by atoms with Gasteiger partial charge < -0.3 is 5.73 Å². The summed E-state index contributed by atoms with van der Waals surface area (Å²) in [5, 5.41) is 0. The summed E-state index contributed by atoms with van der Waals surface area (Å²) in [6.07, 6.45) is 6.78. The second kappa shape index (κ2) is 5.67. The Bertz CT molecular complexity index is 397. The third-order valence-corrected chi connectivity index (χ3v) is 4.13. The first-order chi connectivity index (χ1) is 8.61. The fraction of sp³-hybridized carbons (Fsp3) is 0.643. The first kappa shape index (κ1) is 13.3. The molecule has 0 aliphatic heterocycles. The average Bonchev–Trinajstić information content (AvgIpc) is 2.37. The molecule has 1 aromatic rings. The minimum absolute atomic E-state index is 0.130. The molecule has 0 bridgehead atoms. The van der Waals surface area contributed by atoms with Crippen LogP contribution >= 0.6 is 0 Å². The molecule has 1 heterocycles. The van der Waals surface area contributed by atoms with Gasteiger partial charge in [-0.2, -0.15) is 0 Å². The van der Waals surface area contributed by atoms with Crippen LogP contribution in [-0.2, 0) is 0 Å². The Morgan fingerprint density at radius 2 is 2.00 bits per heavy atom. The first-order valence-corrected chi connectivity index (χ1v) is 6.80. The van der Waals surface area contributed by atoms with E-state index in [1.54, 1.807) is 6.20 Å². The van der Waals surface area contributed by atoms with Crippen LogP contribution in [0, 0.1) is 18.8 Å². The lowest BCUT2D eigenvalue weighted by atomic mass is 9.77. The van der Waals surface area contributed by atoms with Crippen LogP contribution in [0.5, 0.6) is 0 Å². The first-order valence-electron chi connectivity index (χ1n) is 6.80. The Labute approximate surface area is 109 Å². The second-order valence-corrected chi connectivity index (χ2v) is 5.65. The molecule has 0 saturated heterocycles. The fourth-order valence-electron chi connectivity index (χ4n) is 2.95. The van der Waals surface area contributed by atoms with Crippen molar-refractivity contribution >= 4 is 5.82 Å². The summed E-state index contributed by atoms with van der Waals surface area (Å²) in [6.45, 7) is 4.36. The zero-order valence-electron chi connectivity index (χ0n) is 11.3. The van der Waals surface area contributed by atoms with Crippen LogP contribution in [0.2, 0.25) is 0 Å². The molecule has 1 unspecified atom stereocenters. The molecule has 1 saturated carbocycles. The molecule has 1 atom stereocenters. The maximum absolute atomic E-state index is 5.99. The minimum atomic E-state index is 0.130. The van der Waals surface area contributed by atoms with Gasteiger partial charge in [0.05, 0.1) is 6.04 Å². The van der Waals surface area contributed by atoms with E-state index < -0.39 is 0 Å². The number of nitrogens with two attached hydrogens (primary N) is 2. The van der Waals surface area contributed by atoms with Gasteiger partial charge in [-0.3, -0.25) is 11.3 Å². The van der Waals surface area contributed by atoms with E-state index in [-0.39, 0.29) is 6.04 Å². The highest BCUT2D eigenvalue weighted by molar-refractivity contribution is 5.43. The molecule has 0 amide bonds. The number of rotatable bonds is 3. The van der Waals surface area contributed by atoms with Crippen molar-refractivity contribution < 1.29 is 0 Å². The smallest absolute Gasteiger partial charge is 0.128 e. The van der Waals surface area contributed by atoms with Crippen molar-refractivity contribution in [2.24, 2.45) is 17.7 Å². The lowest BCUT2D eigenvalue weighted by molar-refractivity contribution is 0.232. The normalized spacial score (nSPS) is 25.9. The largest absolute Gasteiger partial charge is 0.383 e. The molecule has 4 heteroatoms. The minimum Gasteiger partial charge on any atom is -0.383 e. The monoisotopic (exact) mass is 248 g/mol. The van der Waals surface area contributed by atoms with E-state index in [1.807, 2.05) is 6.92 Å². The van der Waals surface area contributed by atoms with E-state index in [4.69, 9.17) is 11.6 Å². The SMILES string of the molecule is Cc1cnc(N)c(C(NN)C2CCC(C)CC2)c1. The molecule has 1 aliphatic carbocycles. The lowest BCUT2D eigenvalue weighted by Gasteiger charge is -2.33. The van der Waals surface area contributed by atoms with Gasteiger partial charge in [0.25, 0.3) is 0 Å². The third kappa shape index (κ3) is 2.82. The Morgan fingerprint density at radius 3 is 2.61 bits per heavy atom. The maximum Gasteiger partial charge on any atom is 0.128 e. The third-order valence-electron chi connectivity index (χ3n) is 4.13. The Morgan fingerprint density at radius 1 is 1.33 bits per heavy atom. The molecule has 18 heavy (non-hydrogen) atoms. The zero-order chi connectivity index (χ0) is 13.1. The molecular weight excluding hydrogens is 224 g/mol. The number of nitrogens with one attached hydrogen (secondary N) is 1. The number of nitrogen functional groups attached to an aromatic ring is 1. The van der Waals surface area contributed by atoms with Crippen LogP contribution in [0.4, 0.5) is 5.82 Å². The van der Waals surface area contributed by atoms with Gasteiger partial charge in [-0.05, 0) is 43.2 Å². The number of hydrogen-bond acceptors (Lipinski definition) is 4. The number of aromatic nitrogens is 1. The molecule has 1 aliphatic rings. The van der Waals surface area contributed by atoms with E-state index in [9.17, 15) is 0 Å². The summed E-state index contributed by atoms with van der Waals surface area (Å²) in [5.41, 5.74) is 11.1. The highest BCUT2D eigenvalue weighted by Gasteiger charge is 2.28. The molecule has 0 spiro atoms. The van der Waals surface area contributed by atoms with Crippen LogP contribution in [0.3, 0.4) is 0 Å². The van der Waals surface area contributed by atoms with E-state index in [0.717, 1.165) is 17.0 Å². The predicted octanol–water partition coefficient (Wildman–Crippen LogP) is 2.30. The summed E-state index contributed by atoms with van der Waals surface area (Å²) < 4.78 is 0. The van der Waals surface area contributed by atoms with Gasteiger partial charge in [0, 0.05) is 11.8 Å². The summed E-state index contributed by atoms with van der Waals surface area (Å²) >= 11 is 0. The van der Waals surface area contributed by atoms with Crippen molar-refractivity contribution in [2.45, 2.75) is 45.6 Å². The molecule has 2 rings (SSSR count). The molecular formula is C14H24N4. The Balaban J connectivity index is 2.19. The van der Waals surface area contributed by atoms with Crippen LogP contribution < -0.4 is 17.0 Å². The van der Waals surface area contributed by atoms with Crippen LogP contribution in [0.15, 0.2) is 12.3 Å². The number of nitrogens with zero attached hydrogens (tertiary/aromatic N) is 1. The molecule has 1 aromatic heterocycles. The van der Waals surface area contributed by atoms with E-state index in [0.29, 0.717) is 11.7 Å². The van der Waals surface area contributed by atoms with Crippen molar-refractivity contribution in [1.29, 1.82) is 0 Å². The van der Waals surface area contributed by atoms with Gasteiger partial charge in [-0.25, -0.2) is 4.98 Å². The standard InChI is InChI=1S/C14H24N4/c1-9-3-5-11(6-4-9)13(18-16)12-7-10(2)8-17-14(12)15/h7-9,11,13,18H,3-6,16H2,1-2H3,(H2,15,17). The van der Waals surface area contributed by atoms with Crippen molar-refractivity contribution in [3.63, 3.8) is 0 Å². The number of hydrogen-bond donors (Lipinski definition) is 3. The van der Waals surface area contributed by atoms with Crippen molar-refractivity contribution in [2.75, 3.05) is 5.73 Å². The van der Waals surface area contributed by atoms with E-state index in [2.05, 4.69) is 23.4 Å². The zero-order valence-corrected chi connectivity index (χ0v) is 11.3. The van der Waals surface area contributed by atoms with Gasteiger partial charge in [0.1, 0.15) is 5.82 Å². The molecule has 0 radical (unpaired) electrons. The van der Waals surface area contributed by atoms with Crippen molar-refractivity contribution in [3.05, 3.63) is 23.4 Å². The average molecular weight is 248 g/mol. The van der Waals surface area contributed by atoms with Gasteiger partial charge in [-0.15, -0.1) is 0 Å². The summed E-state index contributed by atoms with van der Waals surface area (Å²) in [7, 11) is 0. The summed E-state index contributed by atoms with van der Waals surface area (Å²) in [5.74, 6) is 7.76. The predicted molar refractivity (Wildman–Crippen MR) is 74.6 cm³/mol. The lowest BCUT2D eigenvalue weighted by Crippen LogP contribution is -2.35. The molecule has 5 N–H and O–H groups in total. The molecule has 4 nitrogen and oxygen atoms in total. The topological polar surface area (TPSA) is 77.0 Å². The Hall–Kier alpha value is -1.13. The highest BCUT2D eigenvalue weighted by atomic mass is 15.2. The van der Waals surface area contributed by atoms with Crippen LogP contribution in [0.25, 0.3) is 0 Å². The van der Waals surface area contributed by atoms with E-state index >= 15 is 0 Å². The summed E-state index contributed by atoms with van der Waals surface area (Å²) in [6, 6.07) is 2.23. The fourth-order valence-corrected chi connectivity index (χ4v) is 2.95. The molecule has 100 valence electrons. The van der Waals surface area contributed by atoms with E-state index in [1.165, 1.54) is 25.7 Å². The molecule has 1 fully saturated rings. The number of aryl methyl sites for hydroxylation is 1. The quantitative estimate of drug-likeness (QED) is 0.566. The van der Waals surface area contributed by atoms with Gasteiger partial charge in [0.15, 0.2) is 0 Å². The van der Waals surface area contributed by atoms with Crippen molar-refractivity contribution in [1.82, 2.24) is 10.4 Å². The van der Waals surface area contributed by atoms with Crippen molar-refractivity contribution in [3.8, 4) is 0 Å². The van der Waals surface area contributed by atoms with Gasteiger partial charge >= 0.3 is 0 Å². The van der Waals surface area contributed by atoms with Gasteiger partial charge in [0.2, 0.25) is 0 Å². The summed E-state index contributed by atoms with van der Waals surface area (Å²) in [4.78, 5) is 4.24. The number of pyridine rings is 1. The second-order valence-electron chi connectivity index (χ2n) is 5.65. The highest BCUT2D eigenvalue weighted by Crippen LogP contribution is 2.37. The number of anilines is 1. The molecule has 0 aromatic carbocycles. The van der Waals surface area contributed by atoms with Gasteiger partial charge in [-0.1, -0.05) is 19.8 Å². The Kier molecular flexibility index (Phi) is 4.19. The van der Waals surface area contributed by atoms with Crippen LogP contribution in [-0.4, -0.2) is 4.98 Å². The maximum atomic E-state index is 5.99.